The van der Waals surface area contributed by atoms with E-state index in [1.807, 2.05) is 48.5 Å². The summed E-state index contributed by atoms with van der Waals surface area (Å²) in [7, 11) is -0.442. The lowest BCUT2D eigenvalue weighted by molar-refractivity contribution is 0.00578. The molecule has 1 aliphatic rings. The molecule has 0 amide bonds. The third-order valence-corrected chi connectivity index (χ3v) is 7.57. The van der Waals surface area contributed by atoms with Gasteiger partial charge in [-0.2, -0.15) is 0 Å². The molecule has 0 aliphatic carbocycles. The number of hydrogen-bond acceptors (Lipinski definition) is 5. The smallest absolute Gasteiger partial charge is 0.454 e. The molecule has 1 aliphatic heterocycles. The van der Waals surface area contributed by atoms with Crippen molar-refractivity contribution in [3.05, 3.63) is 72.8 Å². The molecule has 172 valence electrons. The van der Waals surface area contributed by atoms with Gasteiger partial charge in [0.2, 0.25) is 5.89 Å². The zero-order chi connectivity index (χ0) is 23.9. The number of furan rings is 1. The first-order valence-electron chi connectivity index (χ1n) is 11.9. The molecule has 0 radical (unpaired) electrons. The quantitative estimate of drug-likeness (QED) is 0.264. The normalized spacial score (nSPS) is 17.3. The van der Waals surface area contributed by atoms with Crippen LogP contribution in [0.2, 0.25) is 0 Å². The second kappa shape index (κ2) is 6.97. The van der Waals surface area contributed by atoms with Crippen LogP contribution >= 0.6 is 0 Å². The summed E-state index contributed by atoms with van der Waals surface area (Å²) < 4.78 is 25.1. The fourth-order valence-corrected chi connectivity index (χ4v) is 4.89. The molecule has 0 atom stereocenters. The highest BCUT2D eigenvalue weighted by Gasteiger charge is 2.51. The van der Waals surface area contributed by atoms with E-state index in [0.29, 0.717) is 11.5 Å². The predicted molar refractivity (Wildman–Crippen MR) is 140 cm³/mol. The van der Waals surface area contributed by atoms with Gasteiger partial charge in [-0.25, -0.2) is 4.98 Å². The van der Waals surface area contributed by atoms with Crippen LogP contribution in [0.25, 0.3) is 55.3 Å². The summed E-state index contributed by atoms with van der Waals surface area (Å²) in [6, 6.07) is 24.5. The molecule has 4 aromatic carbocycles. The second-order valence-corrected chi connectivity index (χ2v) is 10.3. The fraction of sp³-hybridized carbons (Fsp3) is 0.207. The number of oxazole rings is 1. The summed E-state index contributed by atoms with van der Waals surface area (Å²) in [5.74, 6) is 0.586. The van der Waals surface area contributed by atoms with Crippen LogP contribution in [0.5, 0.6) is 0 Å². The molecule has 1 saturated heterocycles. The van der Waals surface area contributed by atoms with Gasteiger partial charge in [0.25, 0.3) is 0 Å². The number of benzene rings is 4. The molecule has 0 saturated carbocycles. The minimum Gasteiger partial charge on any atom is -0.454 e. The topological polar surface area (TPSA) is 57.6 Å². The SMILES string of the molecule is CC1(C)OB(c2ccc3c(c2)oc2c3ccc3oc(-c4cccc5ccccc45)nc32)OC1(C)C. The van der Waals surface area contributed by atoms with E-state index in [2.05, 4.69) is 52.0 Å². The Balaban J connectivity index is 1.37. The van der Waals surface area contributed by atoms with E-state index in [9.17, 15) is 0 Å². The zero-order valence-corrected chi connectivity index (χ0v) is 20.1. The van der Waals surface area contributed by atoms with E-state index in [0.717, 1.165) is 49.3 Å². The van der Waals surface area contributed by atoms with Crippen molar-refractivity contribution in [1.29, 1.82) is 0 Å². The Morgan fingerprint density at radius 3 is 2.26 bits per heavy atom. The Kier molecular flexibility index (Phi) is 4.13. The predicted octanol–water partition coefficient (Wildman–Crippen LogP) is 6.85. The van der Waals surface area contributed by atoms with Crippen molar-refractivity contribution in [2.75, 3.05) is 0 Å². The van der Waals surface area contributed by atoms with Crippen LogP contribution in [0.3, 0.4) is 0 Å². The van der Waals surface area contributed by atoms with Crippen molar-refractivity contribution in [2.24, 2.45) is 0 Å². The standard InChI is InChI=1S/C29H24BNO4/c1-28(2)29(3,4)35-30(34-28)18-12-13-20-21-14-15-23-25(26(21)32-24(20)16-18)31-27(33-23)22-11-7-9-17-8-5-6-10-19(17)22/h5-16H,1-4H3. The first-order chi connectivity index (χ1) is 16.8. The van der Waals surface area contributed by atoms with Crippen molar-refractivity contribution in [1.82, 2.24) is 4.98 Å². The van der Waals surface area contributed by atoms with Gasteiger partial charge in [-0.3, -0.25) is 0 Å². The first-order valence-corrected chi connectivity index (χ1v) is 11.9. The third kappa shape index (κ3) is 3.00. The van der Waals surface area contributed by atoms with Crippen LogP contribution in [0.1, 0.15) is 27.7 Å². The van der Waals surface area contributed by atoms with Gasteiger partial charge in [0, 0.05) is 16.3 Å². The second-order valence-electron chi connectivity index (χ2n) is 10.3. The highest BCUT2D eigenvalue weighted by molar-refractivity contribution is 6.62. The molecule has 7 rings (SSSR count). The fourth-order valence-electron chi connectivity index (χ4n) is 4.89. The van der Waals surface area contributed by atoms with Crippen molar-refractivity contribution in [3.63, 3.8) is 0 Å². The van der Waals surface area contributed by atoms with E-state index in [-0.39, 0.29) is 0 Å². The van der Waals surface area contributed by atoms with Crippen LogP contribution in [0.4, 0.5) is 0 Å². The van der Waals surface area contributed by atoms with Crippen LogP contribution in [-0.2, 0) is 9.31 Å². The highest BCUT2D eigenvalue weighted by atomic mass is 16.7. The Morgan fingerprint density at radius 2 is 1.43 bits per heavy atom. The molecule has 0 N–H and O–H groups in total. The van der Waals surface area contributed by atoms with Crippen LogP contribution in [0, 0.1) is 0 Å². The third-order valence-electron chi connectivity index (χ3n) is 7.57. The molecular weight excluding hydrogens is 437 g/mol. The van der Waals surface area contributed by atoms with Gasteiger partial charge < -0.3 is 18.1 Å². The molecule has 6 aromatic rings. The molecule has 0 bridgehead atoms. The van der Waals surface area contributed by atoms with Crippen molar-refractivity contribution in [2.45, 2.75) is 38.9 Å². The van der Waals surface area contributed by atoms with Crippen molar-refractivity contribution < 1.29 is 18.1 Å². The zero-order valence-electron chi connectivity index (χ0n) is 20.1. The molecule has 35 heavy (non-hydrogen) atoms. The molecule has 2 aromatic heterocycles. The maximum Gasteiger partial charge on any atom is 0.494 e. The van der Waals surface area contributed by atoms with E-state index in [4.69, 9.17) is 23.1 Å². The number of hydrogen-bond donors (Lipinski definition) is 0. The number of rotatable bonds is 2. The van der Waals surface area contributed by atoms with Crippen molar-refractivity contribution in [3.8, 4) is 11.5 Å². The molecular formula is C29H24BNO4. The minimum atomic E-state index is -0.442. The van der Waals surface area contributed by atoms with Gasteiger partial charge >= 0.3 is 7.12 Å². The van der Waals surface area contributed by atoms with Crippen LogP contribution in [0.15, 0.2) is 81.6 Å². The summed E-state index contributed by atoms with van der Waals surface area (Å²) in [4.78, 5) is 4.88. The molecule has 0 unspecified atom stereocenters. The van der Waals surface area contributed by atoms with Gasteiger partial charge in [-0.1, -0.05) is 48.5 Å². The Labute approximate surface area is 202 Å². The average molecular weight is 461 g/mol. The van der Waals surface area contributed by atoms with Gasteiger partial charge in [0.1, 0.15) is 5.58 Å². The summed E-state index contributed by atoms with van der Waals surface area (Å²) >= 11 is 0. The number of aromatic nitrogens is 1. The monoisotopic (exact) mass is 461 g/mol. The Bertz CT molecular complexity index is 1760. The van der Waals surface area contributed by atoms with Crippen LogP contribution in [-0.4, -0.2) is 23.3 Å². The number of nitrogens with zero attached hydrogens (tertiary/aromatic N) is 1. The van der Waals surface area contributed by atoms with Gasteiger partial charge in [0.15, 0.2) is 16.7 Å². The molecule has 5 nitrogen and oxygen atoms in total. The minimum absolute atomic E-state index is 0.397. The average Bonchev–Trinajstić information content (AvgIpc) is 3.49. The van der Waals surface area contributed by atoms with Gasteiger partial charge in [-0.05, 0) is 68.2 Å². The molecule has 3 heterocycles. The maximum absolute atomic E-state index is 6.37. The highest BCUT2D eigenvalue weighted by Crippen LogP contribution is 2.39. The first kappa shape index (κ1) is 20.7. The van der Waals surface area contributed by atoms with E-state index < -0.39 is 18.3 Å². The summed E-state index contributed by atoms with van der Waals surface area (Å²) in [6.45, 7) is 8.23. The Morgan fingerprint density at radius 1 is 0.686 bits per heavy atom. The van der Waals surface area contributed by atoms with Crippen molar-refractivity contribution >= 4 is 56.4 Å². The molecule has 6 heteroatoms. The molecule has 1 fully saturated rings. The lowest BCUT2D eigenvalue weighted by atomic mass is 9.79. The lowest BCUT2D eigenvalue weighted by Crippen LogP contribution is -2.41. The Hall–Kier alpha value is -3.61. The maximum atomic E-state index is 6.37. The van der Waals surface area contributed by atoms with E-state index in [1.165, 1.54) is 0 Å². The largest absolute Gasteiger partial charge is 0.494 e. The van der Waals surface area contributed by atoms with E-state index >= 15 is 0 Å². The summed E-state index contributed by atoms with van der Waals surface area (Å²) in [6.07, 6.45) is 0. The van der Waals surface area contributed by atoms with E-state index in [1.54, 1.807) is 0 Å². The summed E-state index contributed by atoms with van der Waals surface area (Å²) in [5, 5.41) is 4.29. The summed E-state index contributed by atoms with van der Waals surface area (Å²) in [5.41, 5.74) is 4.02. The van der Waals surface area contributed by atoms with Gasteiger partial charge in [-0.15, -0.1) is 0 Å². The van der Waals surface area contributed by atoms with Crippen LogP contribution < -0.4 is 5.46 Å². The molecule has 0 spiro atoms. The van der Waals surface area contributed by atoms with Gasteiger partial charge in [0.05, 0.1) is 11.2 Å². The lowest BCUT2D eigenvalue weighted by Gasteiger charge is -2.32. The number of fused-ring (bicyclic) bond motifs is 6.